The van der Waals surface area contributed by atoms with Crippen molar-refractivity contribution in [1.82, 2.24) is 0 Å². The third kappa shape index (κ3) is 5.63. The molecule has 180 valence electrons. The zero-order valence-corrected chi connectivity index (χ0v) is 20.7. The number of carbonyl (C=O) groups excluding carboxylic acids is 1. The summed E-state index contributed by atoms with van der Waals surface area (Å²) in [6.45, 7) is 0.503. The summed E-state index contributed by atoms with van der Waals surface area (Å²) >= 11 is 3.59. The Balaban J connectivity index is 1.68. The summed E-state index contributed by atoms with van der Waals surface area (Å²) in [7, 11) is 0. The molecule has 1 heterocycles. The van der Waals surface area contributed by atoms with Crippen LogP contribution in [0.1, 0.15) is 35.6 Å². The number of aliphatic hydroxyl groups excluding tert-OH is 1. The number of ether oxygens (including phenoxy) is 2. The second kappa shape index (κ2) is 11.3. The number of nitrogens with zero attached hydrogens (tertiary/aromatic N) is 1. The maximum atomic E-state index is 13.0. The van der Waals surface area contributed by atoms with Crippen molar-refractivity contribution < 1.29 is 19.4 Å². The Kier molecular flexibility index (Phi) is 8.00. The van der Waals surface area contributed by atoms with E-state index < -0.39 is 17.6 Å². The van der Waals surface area contributed by atoms with Gasteiger partial charge in [-0.1, -0.05) is 76.6 Å². The number of nitrogens with two attached hydrogens (primary N) is 1. The van der Waals surface area contributed by atoms with Crippen LogP contribution in [0, 0.1) is 0 Å². The van der Waals surface area contributed by atoms with Gasteiger partial charge in [0.05, 0.1) is 6.61 Å². The molecular formula is C28H27BrN2O4. The highest BCUT2D eigenvalue weighted by molar-refractivity contribution is 9.10. The quantitative estimate of drug-likeness (QED) is 0.355. The van der Waals surface area contributed by atoms with E-state index in [1.165, 1.54) is 0 Å². The van der Waals surface area contributed by atoms with Gasteiger partial charge >= 0.3 is 0 Å². The van der Waals surface area contributed by atoms with Crippen LogP contribution >= 0.6 is 15.9 Å². The van der Waals surface area contributed by atoms with E-state index in [9.17, 15) is 4.79 Å². The number of halogens is 1. The van der Waals surface area contributed by atoms with Gasteiger partial charge < -0.3 is 20.3 Å². The van der Waals surface area contributed by atoms with Crippen molar-refractivity contribution in [2.45, 2.75) is 24.5 Å². The summed E-state index contributed by atoms with van der Waals surface area (Å²) < 4.78 is 12.8. The number of hydrogen-bond acceptors (Lipinski definition) is 5. The number of aliphatic imine (C=N–C) groups is 1. The smallest absolute Gasteiger partial charge is 0.250 e. The Labute approximate surface area is 213 Å². The Hall–Kier alpha value is -3.42. The van der Waals surface area contributed by atoms with Gasteiger partial charge in [-0.05, 0) is 35.9 Å². The van der Waals surface area contributed by atoms with Crippen LogP contribution in [0.2, 0.25) is 0 Å². The fraction of sp³-hybridized carbons (Fsp3) is 0.214. The third-order valence-corrected chi connectivity index (χ3v) is 6.51. The molecule has 0 spiro atoms. The predicted octanol–water partition coefficient (Wildman–Crippen LogP) is 5.06. The minimum Gasteiger partial charge on any atom is -0.494 e. The van der Waals surface area contributed by atoms with Gasteiger partial charge in [0, 0.05) is 35.0 Å². The molecule has 6 nitrogen and oxygen atoms in total. The van der Waals surface area contributed by atoms with Crippen LogP contribution in [0.15, 0.2) is 94.4 Å². The van der Waals surface area contributed by atoms with Crippen molar-refractivity contribution in [3.8, 4) is 5.75 Å². The third-order valence-electron chi connectivity index (χ3n) is 5.79. The van der Waals surface area contributed by atoms with Gasteiger partial charge in [0.25, 0.3) is 0 Å². The van der Waals surface area contributed by atoms with Gasteiger partial charge in [-0.25, -0.2) is 4.99 Å². The topological polar surface area (TPSA) is 94.1 Å². The van der Waals surface area contributed by atoms with Crippen molar-refractivity contribution in [2.75, 3.05) is 13.2 Å². The first kappa shape index (κ1) is 24.7. The molecule has 4 rings (SSSR count). The Bertz CT molecular complexity index is 1210. The van der Waals surface area contributed by atoms with Crippen LogP contribution < -0.4 is 10.5 Å². The number of carbonyl (C=O) groups is 1. The number of rotatable bonds is 10. The van der Waals surface area contributed by atoms with Gasteiger partial charge in [0.15, 0.2) is 11.6 Å². The van der Waals surface area contributed by atoms with E-state index in [2.05, 4.69) is 15.9 Å². The molecule has 3 aromatic carbocycles. The second-order valence-electron chi connectivity index (χ2n) is 8.19. The number of amides is 1. The summed E-state index contributed by atoms with van der Waals surface area (Å²) in [6, 6.07) is 24.7. The molecule has 0 saturated carbocycles. The average Bonchev–Trinajstić information content (AvgIpc) is 3.26. The van der Waals surface area contributed by atoms with Crippen LogP contribution in [-0.2, 0) is 9.53 Å². The monoisotopic (exact) mass is 534 g/mol. The highest BCUT2D eigenvalue weighted by Gasteiger charge is 2.52. The van der Waals surface area contributed by atoms with Crippen molar-refractivity contribution in [3.05, 3.63) is 106 Å². The van der Waals surface area contributed by atoms with Crippen LogP contribution in [0.25, 0.3) is 6.08 Å². The van der Waals surface area contributed by atoms with Gasteiger partial charge in [-0.15, -0.1) is 0 Å². The molecule has 0 saturated heterocycles. The molecule has 7 heteroatoms. The number of hydrogen-bond donors (Lipinski definition) is 2. The molecule has 0 bridgehead atoms. The predicted molar refractivity (Wildman–Crippen MR) is 140 cm³/mol. The first-order chi connectivity index (χ1) is 17.0. The molecule has 1 aliphatic heterocycles. The highest BCUT2D eigenvalue weighted by atomic mass is 79.9. The summed E-state index contributed by atoms with van der Waals surface area (Å²) in [4.78, 5) is 17.8. The summed E-state index contributed by atoms with van der Waals surface area (Å²) in [6.07, 6.45) is 4.00. The zero-order chi connectivity index (χ0) is 24.7. The van der Waals surface area contributed by atoms with E-state index in [1.807, 2.05) is 91.0 Å². The van der Waals surface area contributed by atoms with Crippen molar-refractivity contribution >= 4 is 33.8 Å². The molecule has 0 aliphatic carbocycles. The van der Waals surface area contributed by atoms with Crippen LogP contribution in [-0.4, -0.2) is 35.7 Å². The first-order valence-corrected chi connectivity index (χ1v) is 12.2. The van der Waals surface area contributed by atoms with Crippen molar-refractivity contribution in [1.29, 1.82) is 0 Å². The molecule has 3 aromatic rings. The van der Waals surface area contributed by atoms with Gasteiger partial charge in [0.1, 0.15) is 5.75 Å². The largest absolute Gasteiger partial charge is 0.494 e. The van der Waals surface area contributed by atoms with Crippen molar-refractivity contribution in [2.24, 2.45) is 10.7 Å². The lowest BCUT2D eigenvalue weighted by atomic mass is 9.84. The first-order valence-electron chi connectivity index (χ1n) is 11.4. The van der Waals surface area contributed by atoms with Crippen molar-refractivity contribution in [3.63, 3.8) is 0 Å². The molecule has 0 radical (unpaired) electrons. The number of primary amides is 1. The van der Waals surface area contributed by atoms with Crippen LogP contribution in [0.4, 0.5) is 0 Å². The lowest BCUT2D eigenvalue weighted by Crippen LogP contribution is -2.45. The molecule has 1 amide bonds. The molecule has 3 N–H and O–H groups in total. The molecule has 35 heavy (non-hydrogen) atoms. The Morgan fingerprint density at radius 2 is 1.80 bits per heavy atom. The van der Waals surface area contributed by atoms with E-state index in [0.717, 1.165) is 15.6 Å². The molecule has 0 unspecified atom stereocenters. The average molecular weight is 535 g/mol. The van der Waals surface area contributed by atoms with E-state index in [-0.39, 0.29) is 13.0 Å². The van der Waals surface area contributed by atoms with E-state index in [0.29, 0.717) is 30.2 Å². The van der Waals surface area contributed by atoms with Gasteiger partial charge in [-0.3, -0.25) is 4.79 Å². The summed E-state index contributed by atoms with van der Waals surface area (Å²) in [5, 5.41) is 8.93. The normalized spacial score (nSPS) is 19.4. The number of aliphatic hydroxyl groups is 1. The van der Waals surface area contributed by atoms with Crippen LogP contribution in [0.3, 0.4) is 0 Å². The maximum absolute atomic E-state index is 13.0. The van der Waals surface area contributed by atoms with E-state index in [1.54, 1.807) is 0 Å². The van der Waals surface area contributed by atoms with Gasteiger partial charge in [-0.2, -0.15) is 0 Å². The standard InChI is InChI=1S/C28H27BrN2O4/c29-24-12-5-4-11-23(24)25-28(27(30)33,17-6-10-20-8-2-1-3-9-20)31-26(35-25)21-13-15-22(16-14-21)34-19-7-18-32/h1-6,8-16,25,32H,7,17-19H2,(H2,30,33)/b10-6+/t25-,28-/m1/s1. The molecule has 1 aliphatic rings. The number of benzene rings is 3. The lowest BCUT2D eigenvalue weighted by molar-refractivity contribution is -0.125. The lowest BCUT2D eigenvalue weighted by Gasteiger charge is -2.28. The molecular weight excluding hydrogens is 508 g/mol. The minimum atomic E-state index is -1.32. The Morgan fingerprint density at radius 3 is 2.49 bits per heavy atom. The van der Waals surface area contributed by atoms with Crippen LogP contribution in [0.5, 0.6) is 5.75 Å². The Morgan fingerprint density at radius 1 is 1.09 bits per heavy atom. The molecule has 0 aromatic heterocycles. The fourth-order valence-electron chi connectivity index (χ4n) is 3.94. The highest BCUT2D eigenvalue weighted by Crippen LogP contribution is 2.44. The fourth-order valence-corrected chi connectivity index (χ4v) is 4.43. The second-order valence-corrected chi connectivity index (χ2v) is 9.05. The van der Waals surface area contributed by atoms with E-state index in [4.69, 9.17) is 25.3 Å². The SMILES string of the molecule is NC(=O)[C@]1(C/C=C/c2ccccc2)N=C(c2ccc(OCCCO)cc2)O[C@@H]1c1ccccc1Br. The minimum absolute atomic E-state index is 0.0765. The molecule has 0 fully saturated rings. The summed E-state index contributed by atoms with van der Waals surface area (Å²) in [5.41, 5.74) is 7.21. The maximum Gasteiger partial charge on any atom is 0.250 e. The zero-order valence-electron chi connectivity index (χ0n) is 19.1. The summed E-state index contributed by atoms with van der Waals surface area (Å²) in [5.74, 6) is 0.463. The van der Waals surface area contributed by atoms with E-state index >= 15 is 0 Å². The van der Waals surface area contributed by atoms with Gasteiger partial charge in [0.2, 0.25) is 11.8 Å². The molecule has 2 atom stereocenters.